The number of pyridine rings is 1. The molecule has 5 heteroatoms. The number of nitrogens with zero attached hydrogens (tertiary/aromatic N) is 2. The highest BCUT2D eigenvalue weighted by Crippen LogP contribution is 2.23. The van der Waals surface area contributed by atoms with Crippen molar-refractivity contribution in [2.45, 2.75) is 18.4 Å². The molecule has 0 spiro atoms. The minimum Gasteiger partial charge on any atom is -0.388 e. The number of para-hydroxylation sites is 1. The molecule has 3 rings (SSSR count). The highest BCUT2D eigenvalue weighted by atomic mass is 16.5. The van der Waals surface area contributed by atoms with Gasteiger partial charge in [0.2, 0.25) is 0 Å². The number of anilines is 1. The third kappa shape index (κ3) is 2.97. The molecule has 2 aromatic rings. The summed E-state index contributed by atoms with van der Waals surface area (Å²) in [5, 5.41) is 23.8. The molecule has 0 aliphatic carbocycles. The van der Waals surface area contributed by atoms with Crippen molar-refractivity contribution in [2.75, 3.05) is 25.1 Å². The smallest absolute Gasteiger partial charge is 0.144 e. The van der Waals surface area contributed by atoms with Crippen LogP contribution < -0.4 is 5.32 Å². The zero-order chi connectivity index (χ0) is 14.7. The largest absolute Gasteiger partial charge is 0.388 e. The van der Waals surface area contributed by atoms with E-state index in [4.69, 9.17) is 4.74 Å². The van der Waals surface area contributed by atoms with Crippen LogP contribution in [0.1, 0.15) is 18.4 Å². The number of ether oxygens (including phenoxy) is 1. The van der Waals surface area contributed by atoms with Crippen LogP contribution in [-0.2, 0) is 4.74 Å². The summed E-state index contributed by atoms with van der Waals surface area (Å²) in [6.07, 6.45) is 1.19. The molecule has 1 aliphatic heterocycles. The van der Waals surface area contributed by atoms with Crippen LogP contribution in [0.25, 0.3) is 10.9 Å². The third-order valence-electron chi connectivity index (χ3n) is 3.85. The summed E-state index contributed by atoms with van der Waals surface area (Å²) in [5.74, 6) is 0.524. The van der Waals surface area contributed by atoms with Crippen LogP contribution in [0.3, 0.4) is 0 Å². The number of benzene rings is 1. The SMILES string of the molecule is N#Cc1cc2ccccc2nc1NCC1(O)CCOCC1. The molecule has 0 unspecified atom stereocenters. The fraction of sp³-hybridized carbons (Fsp3) is 0.375. The third-order valence-corrected chi connectivity index (χ3v) is 3.85. The van der Waals surface area contributed by atoms with Crippen molar-refractivity contribution < 1.29 is 9.84 Å². The van der Waals surface area contributed by atoms with Gasteiger partial charge < -0.3 is 15.2 Å². The topological polar surface area (TPSA) is 78.2 Å². The van der Waals surface area contributed by atoms with E-state index in [9.17, 15) is 10.4 Å². The zero-order valence-corrected chi connectivity index (χ0v) is 11.7. The summed E-state index contributed by atoms with van der Waals surface area (Å²) < 4.78 is 5.26. The molecular formula is C16H17N3O2. The predicted molar refractivity (Wildman–Crippen MR) is 80.0 cm³/mol. The van der Waals surface area contributed by atoms with E-state index in [1.165, 1.54) is 0 Å². The molecule has 1 fully saturated rings. The average molecular weight is 283 g/mol. The highest BCUT2D eigenvalue weighted by molar-refractivity contribution is 5.82. The molecule has 1 saturated heterocycles. The van der Waals surface area contributed by atoms with Gasteiger partial charge in [-0.05, 0) is 12.1 Å². The lowest BCUT2D eigenvalue weighted by Gasteiger charge is -2.32. The van der Waals surface area contributed by atoms with Crippen molar-refractivity contribution in [3.63, 3.8) is 0 Å². The molecule has 0 bridgehead atoms. The Kier molecular flexibility index (Phi) is 3.74. The minimum atomic E-state index is -0.793. The minimum absolute atomic E-state index is 0.371. The molecular weight excluding hydrogens is 266 g/mol. The molecule has 0 atom stereocenters. The second-order valence-electron chi connectivity index (χ2n) is 5.38. The van der Waals surface area contributed by atoms with E-state index in [-0.39, 0.29) is 0 Å². The quantitative estimate of drug-likeness (QED) is 0.901. The van der Waals surface area contributed by atoms with Gasteiger partial charge in [0.25, 0.3) is 0 Å². The number of hydrogen-bond donors (Lipinski definition) is 2. The maximum atomic E-state index is 10.5. The standard InChI is InChI=1S/C16H17N3O2/c17-10-13-9-12-3-1-2-4-14(12)19-15(13)18-11-16(20)5-7-21-8-6-16/h1-4,9,20H,5-8,11H2,(H,18,19). The molecule has 2 heterocycles. The number of nitriles is 1. The van der Waals surface area contributed by atoms with Gasteiger partial charge in [0.05, 0.1) is 16.7 Å². The van der Waals surface area contributed by atoms with Crippen molar-refractivity contribution >= 4 is 16.7 Å². The van der Waals surface area contributed by atoms with Crippen molar-refractivity contribution in [3.8, 4) is 6.07 Å². The van der Waals surface area contributed by atoms with Gasteiger partial charge in [-0.2, -0.15) is 5.26 Å². The van der Waals surface area contributed by atoms with Crippen LogP contribution in [0.5, 0.6) is 0 Å². The Bertz CT molecular complexity index is 687. The molecule has 1 aliphatic rings. The van der Waals surface area contributed by atoms with E-state index in [1.54, 1.807) is 0 Å². The van der Waals surface area contributed by atoms with Crippen LogP contribution in [0.2, 0.25) is 0 Å². The van der Waals surface area contributed by atoms with Gasteiger partial charge in [-0.25, -0.2) is 4.98 Å². The first kappa shape index (κ1) is 13.8. The van der Waals surface area contributed by atoms with Gasteiger partial charge in [0.1, 0.15) is 11.9 Å². The van der Waals surface area contributed by atoms with Gasteiger partial charge >= 0.3 is 0 Å². The van der Waals surface area contributed by atoms with Crippen LogP contribution >= 0.6 is 0 Å². The van der Waals surface area contributed by atoms with Crippen LogP contribution in [0.15, 0.2) is 30.3 Å². The molecule has 21 heavy (non-hydrogen) atoms. The number of nitrogens with one attached hydrogen (secondary N) is 1. The van der Waals surface area contributed by atoms with Gasteiger partial charge in [-0.3, -0.25) is 0 Å². The van der Waals surface area contributed by atoms with E-state index < -0.39 is 5.60 Å². The number of hydrogen-bond acceptors (Lipinski definition) is 5. The van der Waals surface area contributed by atoms with Gasteiger partial charge in [0.15, 0.2) is 0 Å². The summed E-state index contributed by atoms with van der Waals surface area (Å²) >= 11 is 0. The Morgan fingerprint density at radius 3 is 2.86 bits per heavy atom. The van der Waals surface area contributed by atoms with Crippen molar-refractivity contribution in [3.05, 3.63) is 35.9 Å². The van der Waals surface area contributed by atoms with Crippen molar-refractivity contribution in [1.82, 2.24) is 4.98 Å². The first-order valence-electron chi connectivity index (χ1n) is 7.04. The second kappa shape index (κ2) is 5.68. The molecule has 108 valence electrons. The van der Waals surface area contributed by atoms with Gasteiger partial charge in [-0.15, -0.1) is 0 Å². The maximum Gasteiger partial charge on any atom is 0.144 e. The maximum absolute atomic E-state index is 10.5. The Labute approximate surface area is 123 Å². The van der Waals surface area contributed by atoms with E-state index >= 15 is 0 Å². The summed E-state index contributed by atoms with van der Waals surface area (Å²) in [6, 6.07) is 11.6. The Hall–Kier alpha value is -2.16. The van der Waals surface area contributed by atoms with E-state index in [0.717, 1.165) is 10.9 Å². The number of fused-ring (bicyclic) bond motifs is 1. The molecule has 0 amide bonds. The van der Waals surface area contributed by atoms with Gasteiger partial charge in [-0.1, -0.05) is 18.2 Å². The normalized spacial score (nSPS) is 17.3. The van der Waals surface area contributed by atoms with Crippen LogP contribution in [0, 0.1) is 11.3 Å². The molecule has 2 N–H and O–H groups in total. The fourth-order valence-electron chi connectivity index (χ4n) is 2.51. The number of aromatic nitrogens is 1. The number of aliphatic hydroxyl groups is 1. The zero-order valence-electron chi connectivity index (χ0n) is 11.7. The van der Waals surface area contributed by atoms with Gasteiger partial charge in [0, 0.05) is 38.0 Å². The summed E-state index contributed by atoms with van der Waals surface area (Å²) in [4.78, 5) is 4.49. The highest BCUT2D eigenvalue weighted by Gasteiger charge is 2.29. The van der Waals surface area contributed by atoms with E-state index in [0.29, 0.717) is 44.0 Å². The summed E-state index contributed by atoms with van der Waals surface area (Å²) in [7, 11) is 0. The molecule has 1 aromatic heterocycles. The van der Waals surface area contributed by atoms with E-state index in [1.807, 2.05) is 30.3 Å². The lowest BCUT2D eigenvalue weighted by atomic mass is 9.94. The average Bonchev–Trinajstić information content (AvgIpc) is 2.53. The molecule has 0 saturated carbocycles. The number of rotatable bonds is 3. The fourth-order valence-corrected chi connectivity index (χ4v) is 2.51. The first-order chi connectivity index (χ1) is 10.2. The Morgan fingerprint density at radius 1 is 1.33 bits per heavy atom. The monoisotopic (exact) mass is 283 g/mol. The summed E-state index contributed by atoms with van der Waals surface area (Å²) in [5.41, 5.74) is 0.528. The van der Waals surface area contributed by atoms with Crippen LogP contribution in [-0.4, -0.2) is 35.5 Å². The van der Waals surface area contributed by atoms with Crippen molar-refractivity contribution in [1.29, 1.82) is 5.26 Å². The van der Waals surface area contributed by atoms with E-state index in [2.05, 4.69) is 16.4 Å². The molecule has 5 nitrogen and oxygen atoms in total. The Morgan fingerprint density at radius 2 is 2.10 bits per heavy atom. The lowest BCUT2D eigenvalue weighted by Crippen LogP contribution is -2.42. The second-order valence-corrected chi connectivity index (χ2v) is 5.38. The van der Waals surface area contributed by atoms with Crippen LogP contribution in [0.4, 0.5) is 5.82 Å². The predicted octanol–water partition coefficient (Wildman–Crippen LogP) is 2.06. The first-order valence-corrected chi connectivity index (χ1v) is 7.04. The summed E-state index contributed by atoms with van der Waals surface area (Å²) in [6.45, 7) is 1.50. The molecule has 1 aromatic carbocycles. The molecule has 0 radical (unpaired) electrons. The Balaban J connectivity index is 1.84. The van der Waals surface area contributed by atoms with Crippen molar-refractivity contribution in [2.24, 2.45) is 0 Å². The lowest BCUT2D eigenvalue weighted by molar-refractivity contribution is -0.0543.